The van der Waals surface area contributed by atoms with Crippen molar-refractivity contribution in [1.82, 2.24) is 25.8 Å². The van der Waals surface area contributed by atoms with Gasteiger partial charge in [0.1, 0.15) is 23.8 Å². The van der Waals surface area contributed by atoms with Crippen LogP contribution in [0, 0.1) is 11.8 Å². The van der Waals surface area contributed by atoms with Crippen LogP contribution in [-0.2, 0) is 33.6 Å². The smallest absolute Gasteiger partial charge is 0.353 e. The molecule has 0 aliphatic carbocycles. The monoisotopic (exact) mass is 690 g/mol. The predicted octanol–water partition coefficient (Wildman–Crippen LogP) is -3.35. The van der Waals surface area contributed by atoms with Crippen LogP contribution in [0.25, 0.3) is 0 Å². The van der Waals surface area contributed by atoms with E-state index in [4.69, 9.17) is 26.2 Å². The minimum Gasteiger partial charge on any atom is -0.481 e. The Morgan fingerprint density at radius 1 is 1.00 bits per heavy atom. The molecule has 0 saturated carbocycles. The molecule has 3 aliphatic rings. The molecule has 2 amide bonds. The van der Waals surface area contributed by atoms with Crippen LogP contribution >= 0.6 is 11.8 Å². The van der Waals surface area contributed by atoms with Gasteiger partial charge in [-0.3, -0.25) is 28.8 Å². The molecule has 0 bridgehead atoms. The molecule has 0 radical (unpaired) electrons. The molecule has 0 spiro atoms. The van der Waals surface area contributed by atoms with Crippen LogP contribution in [0.5, 0.6) is 0 Å². The van der Waals surface area contributed by atoms with E-state index in [0.717, 1.165) is 0 Å². The molecule has 0 unspecified atom stereocenters. The Bertz CT molecular complexity index is 1280. The fraction of sp³-hybridized carbons (Fsp3) is 0.667. The predicted molar refractivity (Wildman–Crippen MR) is 163 cm³/mol. The highest BCUT2D eigenvalue weighted by Gasteiger charge is 2.60. The van der Waals surface area contributed by atoms with E-state index >= 15 is 0 Å². The van der Waals surface area contributed by atoms with Gasteiger partial charge in [-0.25, -0.2) is 4.79 Å². The normalized spacial score (nSPS) is 25.8. The SMILES string of the molecule is C[C@@H](O)[C@H]1C(=O)N2C(C(=O)O)=C(S[C@@H]3CN[C@H](C(=O)N(C)C)C3)[C@H](C)[C@H]12.N[C@H](CN[C@H](CN[C@@H](CC(=O)O)C(=O)O)C(=O)O)C(=O)O. The molecule has 264 valence electrons. The summed E-state index contributed by atoms with van der Waals surface area (Å²) in [5, 5.41) is 62.2. The summed E-state index contributed by atoms with van der Waals surface area (Å²) < 4.78 is 0. The second-order valence-electron chi connectivity index (χ2n) is 11.6. The van der Waals surface area contributed by atoms with E-state index in [0.29, 0.717) is 17.9 Å². The fourth-order valence-corrected chi connectivity index (χ4v) is 6.91. The maximum absolute atomic E-state index is 12.3. The summed E-state index contributed by atoms with van der Waals surface area (Å²) >= 11 is 1.45. The standard InChI is InChI=1S/C17H25N3O5S.C10H17N3O8/c1-7-12-11(8(2)21)16(23)20(12)13(17(24)25)14(7)26-9-5-10(18-6-9)15(22)19(3)4;11-4(8(16)17)2-12-6(10(20)21)3-13-5(9(18)19)1-7(14)15/h7-12,18,21H,5-6H2,1-4H3,(H,24,25);4-6,12-13H,1-3,11H2,(H,14,15)(H,16,17)(H,18,19)(H,20,21)/t7-,8-,9+,10+,11-,12-;4-,5+,6-/m11/s1. The number of likely N-dealkylation sites (N-methyl/N-ethyl adjacent to an activating group) is 1. The summed E-state index contributed by atoms with van der Waals surface area (Å²) in [5.41, 5.74) is 5.23. The fourth-order valence-electron chi connectivity index (χ4n) is 5.44. The van der Waals surface area contributed by atoms with Crippen LogP contribution in [0.15, 0.2) is 10.6 Å². The summed E-state index contributed by atoms with van der Waals surface area (Å²) in [6.07, 6.45) is -0.916. The van der Waals surface area contributed by atoms with Crippen molar-refractivity contribution >= 4 is 53.4 Å². The van der Waals surface area contributed by atoms with Crippen LogP contribution in [0.2, 0.25) is 0 Å². The Labute approximate surface area is 273 Å². The second-order valence-corrected chi connectivity index (χ2v) is 12.9. The number of carbonyl (C=O) groups is 7. The van der Waals surface area contributed by atoms with Gasteiger partial charge in [0, 0.05) is 49.8 Å². The van der Waals surface area contributed by atoms with Gasteiger partial charge in [-0.2, -0.15) is 0 Å². The highest BCUT2D eigenvalue weighted by molar-refractivity contribution is 8.03. The molecule has 3 rings (SSSR count). The molecule has 3 aliphatic heterocycles. The Morgan fingerprint density at radius 3 is 2.04 bits per heavy atom. The number of aliphatic carboxylic acids is 5. The van der Waals surface area contributed by atoms with Crippen molar-refractivity contribution in [2.45, 2.75) is 68.3 Å². The van der Waals surface area contributed by atoms with E-state index in [1.807, 2.05) is 6.92 Å². The van der Waals surface area contributed by atoms with E-state index in [1.165, 1.54) is 16.7 Å². The maximum Gasteiger partial charge on any atom is 0.353 e. The summed E-state index contributed by atoms with van der Waals surface area (Å²) in [6.45, 7) is 3.33. The van der Waals surface area contributed by atoms with Crippen LogP contribution in [0.4, 0.5) is 0 Å². The number of carboxylic acid groups (broad SMARTS) is 5. The number of nitrogens with zero attached hydrogens (tertiary/aromatic N) is 2. The van der Waals surface area contributed by atoms with Gasteiger partial charge in [0.15, 0.2) is 0 Å². The van der Waals surface area contributed by atoms with Gasteiger partial charge in [-0.15, -0.1) is 11.8 Å². The highest BCUT2D eigenvalue weighted by atomic mass is 32.2. The number of rotatable bonds is 16. The minimum absolute atomic E-state index is 0.00757. The van der Waals surface area contributed by atoms with Crippen molar-refractivity contribution in [3.8, 4) is 0 Å². The second kappa shape index (κ2) is 16.8. The number of fused-ring (bicyclic) bond motifs is 1. The van der Waals surface area contributed by atoms with E-state index in [2.05, 4.69) is 16.0 Å². The number of carbonyl (C=O) groups excluding carboxylic acids is 2. The van der Waals surface area contributed by atoms with Crippen molar-refractivity contribution in [3.63, 3.8) is 0 Å². The number of carboxylic acids is 5. The molecule has 0 aromatic rings. The first-order valence-electron chi connectivity index (χ1n) is 14.5. The van der Waals surface area contributed by atoms with E-state index in [9.17, 15) is 43.8 Å². The third kappa shape index (κ3) is 9.84. The number of nitrogens with one attached hydrogen (secondary N) is 3. The quantitative estimate of drug-likeness (QED) is 0.0707. The Morgan fingerprint density at radius 2 is 1.57 bits per heavy atom. The molecule has 9 atom stereocenters. The van der Waals surface area contributed by atoms with E-state index < -0.39 is 73.0 Å². The Hall–Kier alpha value is -3.82. The molecule has 0 aromatic heterocycles. The van der Waals surface area contributed by atoms with Gasteiger partial charge in [0.25, 0.3) is 0 Å². The van der Waals surface area contributed by atoms with Gasteiger partial charge >= 0.3 is 29.8 Å². The molecular weight excluding hydrogens is 648 g/mol. The van der Waals surface area contributed by atoms with Crippen LogP contribution in [0.3, 0.4) is 0 Å². The largest absolute Gasteiger partial charge is 0.481 e. The molecule has 47 heavy (non-hydrogen) atoms. The van der Waals surface area contributed by atoms with Crippen molar-refractivity contribution in [2.75, 3.05) is 33.7 Å². The molecular formula is C27H42N6O13S. The lowest BCUT2D eigenvalue weighted by Crippen LogP contribution is -2.63. The first kappa shape index (κ1) is 39.4. The molecule has 19 nitrogen and oxygen atoms in total. The van der Waals surface area contributed by atoms with E-state index in [1.54, 1.807) is 25.9 Å². The molecule has 2 saturated heterocycles. The number of amides is 2. The summed E-state index contributed by atoms with van der Waals surface area (Å²) in [4.78, 5) is 82.5. The third-order valence-corrected chi connectivity index (χ3v) is 9.39. The Kier molecular flexibility index (Phi) is 14.1. The number of β-lactam (4-membered cyclic amide) rings is 1. The topological polar surface area (TPSA) is 309 Å². The van der Waals surface area contributed by atoms with Crippen molar-refractivity contribution < 1.29 is 64.2 Å². The maximum atomic E-state index is 12.3. The van der Waals surface area contributed by atoms with Crippen molar-refractivity contribution in [1.29, 1.82) is 0 Å². The molecule has 11 N–H and O–H groups in total. The van der Waals surface area contributed by atoms with Crippen LogP contribution in [-0.4, -0.2) is 157 Å². The number of nitrogens with two attached hydrogens (primary N) is 1. The number of hydrogen-bond acceptors (Lipinski definition) is 13. The van der Waals surface area contributed by atoms with E-state index in [-0.39, 0.29) is 47.3 Å². The summed E-state index contributed by atoms with van der Waals surface area (Å²) in [6, 6.07) is -4.66. The minimum atomic E-state index is -1.46. The average molecular weight is 691 g/mol. The lowest BCUT2D eigenvalue weighted by atomic mass is 9.79. The summed E-state index contributed by atoms with van der Waals surface area (Å²) in [7, 11) is 3.42. The third-order valence-electron chi connectivity index (χ3n) is 7.88. The number of hydrogen-bond donors (Lipinski definition) is 10. The lowest BCUT2D eigenvalue weighted by Gasteiger charge is -2.46. The molecule has 3 heterocycles. The van der Waals surface area contributed by atoms with Gasteiger partial charge in [0.2, 0.25) is 11.8 Å². The first-order chi connectivity index (χ1) is 21.8. The number of aliphatic hydroxyl groups excluding tert-OH is 1. The first-order valence-corrected chi connectivity index (χ1v) is 15.4. The summed E-state index contributed by atoms with van der Waals surface area (Å²) in [5.74, 6) is -7.62. The molecule has 20 heteroatoms. The zero-order valence-corrected chi connectivity index (χ0v) is 27.0. The van der Waals surface area contributed by atoms with Gasteiger partial charge in [-0.1, -0.05) is 6.92 Å². The van der Waals surface area contributed by atoms with Crippen molar-refractivity contribution in [3.05, 3.63) is 10.6 Å². The molecule has 0 aromatic carbocycles. The van der Waals surface area contributed by atoms with Crippen molar-refractivity contribution in [2.24, 2.45) is 17.6 Å². The average Bonchev–Trinajstić information content (AvgIpc) is 3.52. The van der Waals surface area contributed by atoms with Crippen LogP contribution < -0.4 is 21.7 Å². The zero-order valence-electron chi connectivity index (χ0n) is 26.2. The van der Waals surface area contributed by atoms with Gasteiger partial charge in [-0.05, 0) is 13.3 Å². The Balaban J connectivity index is 0.000000336. The van der Waals surface area contributed by atoms with Gasteiger partial charge < -0.3 is 62.1 Å². The number of thioether (sulfide) groups is 1. The number of aliphatic hydroxyl groups is 1. The highest BCUT2D eigenvalue weighted by Crippen LogP contribution is 2.51. The zero-order chi connectivity index (χ0) is 35.9. The van der Waals surface area contributed by atoms with Crippen LogP contribution in [0.1, 0.15) is 26.7 Å². The van der Waals surface area contributed by atoms with Gasteiger partial charge in [0.05, 0.1) is 30.5 Å². The molecule has 2 fully saturated rings. The lowest BCUT2D eigenvalue weighted by molar-refractivity contribution is -0.163.